The number of benzene rings is 2. The highest BCUT2D eigenvalue weighted by Crippen LogP contribution is 2.22. The molecule has 3 aromatic rings. The van der Waals surface area contributed by atoms with Crippen LogP contribution < -0.4 is 10.6 Å². The number of nitrogens with zero attached hydrogens (tertiary/aromatic N) is 2. The molecule has 2 aromatic carbocycles. The Morgan fingerprint density at radius 3 is 2.55 bits per heavy atom. The molecule has 1 aromatic heterocycles. The van der Waals surface area contributed by atoms with Crippen LogP contribution >= 0.6 is 23.8 Å². The number of hydrogen-bond acceptors (Lipinski definition) is 4. The van der Waals surface area contributed by atoms with Crippen molar-refractivity contribution in [2.24, 2.45) is 0 Å². The number of amides is 2. The third kappa shape index (κ3) is 5.10. The zero-order valence-corrected chi connectivity index (χ0v) is 17.5. The van der Waals surface area contributed by atoms with Gasteiger partial charge in [0.15, 0.2) is 10.6 Å². The monoisotopic (exact) mass is 429 g/mol. The SMILES string of the molecule is CCC(=O)Nc1ccc(C)c(NC(=O)Cn2c(-c3ccc(Cl)cc3)n[nH]c2=S)c1. The number of carbonyl (C=O) groups excluding carboxylic acids is 2. The van der Waals surface area contributed by atoms with Crippen molar-refractivity contribution in [2.75, 3.05) is 10.6 Å². The summed E-state index contributed by atoms with van der Waals surface area (Å²) in [5.74, 6) is 0.186. The van der Waals surface area contributed by atoms with Crippen LogP contribution in [-0.2, 0) is 16.1 Å². The average Bonchev–Trinajstić information content (AvgIpc) is 3.05. The molecule has 0 atom stereocenters. The lowest BCUT2D eigenvalue weighted by atomic mass is 10.1. The van der Waals surface area contributed by atoms with E-state index in [0.717, 1.165) is 11.1 Å². The van der Waals surface area contributed by atoms with Crippen molar-refractivity contribution in [3.05, 3.63) is 57.8 Å². The third-order valence-electron chi connectivity index (χ3n) is 4.28. The van der Waals surface area contributed by atoms with Crippen molar-refractivity contribution in [3.8, 4) is 11.4 Å². The standard InChI is InChI=1S/C20H20ClN5O2S/c1-3-17(27)22-15-9-4-12(2)16(10-15)23-18(28)11-26-19(24-25-20(26)29)13-5-7-14(21)8-6-13/h4-10H,3,11H2,1-2H3,(H,22,27)(H,23,28)(H,25,29). The second kappa shape index (κ2) is 9.02. The van der Waals surface area contributed by atoms with Gasteiger partial charge in [0.05, 0.1) is 0 Å². The van der Waals surface area contributed by atoms with Crippen LogP contribution in [0.1, 0.15) is 18.9 Å². The molecule has 3 N–H and O–H groups in total. The minimum atomic E-state index is -0.264. The number of aromatic nitrogens is 3. The van der Waals surface area contributed by atoms with E-state index in [9.17, 15) is 9.59 Å². The fraction of sp³-hybridized carbons (Fsp3) is 0.200. The van der Waals surface area contributed by atoms with Gasteiger partial charge in [-0.15, -0.1) is 0 Å². The highest BCUT2D eigenvalue weighted by molar-refractivity contribution is 7.71. The Morgan fingerprint density at radius 2 is 1.86 bits per heavy atom. The molecular formula is C20H20ClN5O2S. The maximum Gasteiger partial charge on any atom is 0.244 e. The lowest BCUT2D eigenvalue weighted by Crippen LogP contribution is -2.20. The third-order valence-corrected chi connectivity index (χ3v) is 4.84. The number of halogens is 1. The van der Waals surface area contributed by atoms with E-state index >= 15 is 0 Å². The summed E-state index contributed by atoms with van der Waals surface area (Å²) in [6, 6.07) is 12.5. The number of aromatic amines is 1. The molecule has 0 unspecified atom stereocenters. The zero-order valence-electron chi connectivity index (χ0n) is 16.0. The smallest absolute Gasteiger partial charge is 0.244 e. The van der Waals surface area contributed by atoms with Crippen LogP contribution in [0.2, 0.25) is 5.02 Å². The van der Waals surface area contributed by atoms with Crippen molar-refractivity contribution in [2.45, 2.75) is 26.8 Å². The molecule has 0 radical (unpaired) electrons. The van der Waals surface area contributed by atoms with Gasteiger partial charge in [-0.1, -0.05) is 24.6 Å². The van der Waals surface area contributed by atoms with Crippen LogP contribution in [0.15, 0.2) is 42.5 Å². The first kappa shape index (κ1) is 20.8. The molecule has 9 heteroatoms. The zero-order chi connectivity index (χ0) is 21.0. The van der Waals surface area contributed by atoms with Crippen LogP contribution in [0.5, 0.6) is 0 Å². The van der Waals surface area contributed by atoms with Gasteiger partial charge in [-0.05, 0) is 61.1 Å². The minimum absolute atomic E-state index is 0.0156. The molecule has 3 rings (SSSR count). The summed E-state index contributed by atoms with van der Waals surface area (Å²) < 4.78 is 1.96. The molecule has 29 heavy (non-hydrogen) atoms. The maximum atomic E-state index is 12.7. The van der Waals surface area contributed by atoms with Crippen LogP contribution in [0.3, 0.4) is 0 Å². The first-order valence-electron chi connectivity index (χ1n) is 8.99. The van der Waals surface area contributed by atoms with Gasteiger partial charge in [-0.25, -0.2) is 0 Å². The van der Waals surface area contributed by atoms with E-state index in [-0.39, 0.29) is 18.4 Å². The Hall–Kier alpha value is -2.97. The lowest BCUT2D eigenvalue weighted by Gasteiger charge is -2.12. The van der Waals surface area contributed by atoms with Crippen molar-refractivity contribution in [1.29, 1.82) is 0 Å². The number of H-pyrrole nitrogens is 1. The van der Waals surface area contributed by atoms with Gasteiger partial charge in [0.2, 0.25) is 11.8 Å². The summed E-state index contributed by atoms with van der Waals surface area (Å²) in [5.41, 5.74) is 2.91. The number of hydrogen-bond donors (Lipinski definition) is 3. The van der Waals surface area contributed by atoms with Gasteiger partial charge in [-0.3, -0.25) is 19.3 Å². The summed E-state index contributed by atoms with van der Waals surface area (Å²) >= 11 is 11.2. The number of anilines is 2. The summed E-state index contributed by atoms with van der Waals surface area (Å²) in [6.45, 7) is 3.64. The van der Waals surface area contributed by atoms with E-state index in [1.54, 1.807) is 35.8 Å². The molecule has 2 amide bonds. The first-order chi connectivity index (χ1) is 13.9. The van der Waals surface area contributed by atoms with Gasteiger partial charge in [0.25, 0.3) is 0 Å². The second-order valence-electron chi connectivity index (χ2n) is 6.43. The molecule has 150 valence electrons. The average molecular weight is 430 g/mol. The minimum Gasteiger partial charge on any atom is -0.326 e. The van der Waals surface area contributed by atoms with Crippen LogP contribution in [-0.4, -0.2) is 26.6 Å². The number of rotatable bonds is 6. The quantitative estimate of drug-likeness (QED) is 0.501. The molecule has 0 fully saturated rings. The van der Waals surface area contributed by atoms with Crippen LogP contribution in [0.4, 0.5) is 11.4 Å². The van der Waals surface area contributed by atoms with Crippen molar-refractivity contribution >= 4 is 47.0 Å². The highest BCUT2D eigenvalue weighted by atomic mass is 35.5. The van der Waals surface area contributed by atoms with Crippen LogP contribution in [0.25, 0.3) is 11.4 Å². The Bertz CT molecular complexity index is 1100. The first-order valence-corrected chi connectivity index (χ1v) is 9.77. The van der Waals surface area contributed by atoms with E-state index in [2.05, 4.69) is 20.8 Å². The lowest BCUT2D eigenvalue weighted by molar-refractivity contribution is -0.117. The van der Waals surface area contributed by atoms with Crippen molar-refractivity contribution in [1.82, 2.24) is 14.8 Å². The molecule has 0 bridgehead atoms. The second-order valence-corrected chi connectivity index (χ2v) is 7.25. The van der Waals surface area contributed by atoms with E-state index in [0.29, 0.717) is 33.4 Å². The molecule has 1 heterocycles. The van der Waals surface area contributed by atoms with E-state index in [1.807, 2.05) is 25.1 Å². The van der Waals surface area contributed by atoms with Gasteiger partial charge in [-0.2, -0.15) is 5.10 Å². The summed E-state index contributed by atoms with van der Waals surface area (Å²) in [6.07, 6.45) is 0.377. The van der Waals surface area contributed by atoms with Gasteiger partial charge >= 0.3 is 0 Å². The summed E-state index contributed by atoms with van der Waals surface area (Å²) in [4.78, 5) is 24.3. The number of nitrogens with one attached hydrogen (secondary N) is 3. The molecule has 0 aliphatic heterocycles. The predicted molar refractivity (Wildman–Crippen MR) is 117 cm³/mol. The van der Waals surface area contributed by atoms with Gasteiger partial charge in [0.1, 0.15) is 6.54 Å². The molecule has 0 saturated carbocycles. The molecule has 0 aliphatic carbocycles. The Labute approximate surface area is 178 Å². The number of carbonyl (C=O) groups is 2. The predicted octanol–water partition coefficient (Wildman–Crippen LogP) is 4.56. The number of aryl methyl sites for hydroxylation is 1. The van der Waals surface area contributed by atoms with Gasteiger partial charge in [0, 0.05) is 28.4 Å². The molecular weight excluding hydrogens is 410 g/mol. The Morgan fingerprint density at radius 1 is 1.14 bits per heavy atom. The van der Waals surface area contributed by atoms with E-state index in [4.69, 9.17) is 23.8 Å². The highest BCUT2D eigenvalue weighted by Gasteiger charge is 2.14. The largest absolute Gasteiger partial charge is 0.326 e. The fourth-order valence-corrected chi connectivity index (χ4v) is 3.02. The molecule has 0 spiro atoms. The van der Waals surface area contributed by atoms with Crippen molar-refractivity contribution < 1.29 is 9.59 Å². The topological polar surface area (TPSA) is 91.8 Å². The summed E-state index contributed by atoms with van der Waals surface area (Å²) in [5, 5.41) is 13.2. The summed E-state index contributed by atoms with van der Waals surface area (Å²) in [7, 11) is 0. The van der Waals surface area contributed by atoms with Crippen LogP contribution in [0, 0.1) is 11.7 Å². The Balaban J connectivity index is 1.79. The Kier molecular flexibility index (Phi) is 6.46. The maximum absolute atomic E-state index is 12.7. The molecule has 7 nitrogen and oxygen atoms in total. The molecule has 0 aliphatic rings. The fourth-order valence-electron chi connectivity index (χ4n) is 2.70. The normalized spacial score (nSPS) is 10.6. The molecule has 0 saturated heterocycles. The van der Waals surface area contributed by atoms with Gasteiger partial charge < -0.3 is 10.6 Å². The van der Waals surface area contributed by atoms with Crippen molar-refractivity contribution in [3.63, 3.8) is 0 Å². The van der Waals surface area contributed by atoms with E-state index < -0.39 is 0 Å². The van der Waals surface area contributed by atoms with E-state index in [1.165, 1.54) is 0 Å².